The van der Waals surface area contributed by atoms with Crippen molar-refractivity contribution in [1.82, 2.24) is 0 Å². The van der Waals surface area contributed by atoms with E-state index in [1.54, 1.807) is 0 Å². The second-order valence-corrected chi connectivity index (χ2v) is 4.63. The summed E-state index contributed by atoms with van der Waals surface area (Å²) in [7, 11) is 0. The van der Waals surface area contributed by atoms with Gasteiger partial charge < -0.3 is 5.11 Å². The molecule has 0 aromatic rings. The molecule has 0 radical (unpaired) electrons. The van der Waals surface area contributed by atoms with E-state index in [1.807, 2.05) is 13.8 Å². The molecule has 0 heterocycles. The molecule has 0 amide bonds. The SMILES string of the molecule is CCC(C)(Cl)C(Cl)C(Cl)CO. The fraction of sp³-hybridized carbons (Fsp3) is 1.00. The first-order valence-corrected chi connectivity index (χ1v) is 4.78. The predicted molar refractivity (Wildman–Crippen MR) is 50.9 cm³/mol. The number of halogens is 3. The topological polar surface area (TPSA) is 20.2 Å². The second-order valence-electron chi connectivity index (χ2n) is 2.73. The van der Waals surface area contributed by atoms with Crippen molar-refractivity contribution in [2.24, 2.45) is 0 Å². The highest BCUT2D eigenvalue weighted by Crippen LogP contribution is 2.31. The summed E-state index contributed by atoms with van der Waals surface area (Å²) in [6.45, 7) is 3.61. The molecule has 3 unspecified atom stereocenters. The molecular formula is C7H13Cl3O. The fourth-order valence-electron chi connectivity index (χ4n) is 0.665. The molecule has 0 rings (SSSR count). The van der Waals surface area contributed by atoms with E-state index in [1.165, 1.54) is 0 Å². The quantitative estimate of drug-likeness (QED) is 0.721. The van der Waals surface area contributed by atoms with E-state index in [0.29, 0.717) is 0 Å². The van der Waals surface area contributed by atoms with Crippen molar-refractivity contribution in [1.29, 1.82) is 0 Å². The molecule has 0 aromatic carbocycles. The van der Waals surface area contributed by atoms with Crippen molar-refractivity contribution >= 4 is 34.8 Å². The van der Waals surface area contributed by atoms with Crippen LogP contribution in [-0.2, 0) is 0 Å². The van der Waals surface area contributed by atoms with Crippen LogP contribution >= 0.6 is 34.8 Å². The van der Waals surface area contributed by atoms with Gasteiger partial charge in [0, 0.05) is 0 Å². The largest absolute Gasteiger partial charge is 0.395 e. The standard InChI is InChI=1S/C7H13Cl3O/c1-3-7(2,10)6(9)5(8)4-11/h5-6,11H,3-4H2,1-2H3. The molecule has 0 saturated carbocycles. The van der Waals surface area contributed by atoms with E-state index in [4.69, 9.17) is 39.9 Å². The van der Waals surface area contributed by atoms with Crippen LogP contribution in [0.1, 0.15) is 20.3 Å². The van der Waals surface area contributed by atoms with Crippen molar-refractivity contribution < 1.29 is 5.11 Å². The molecule has 0 aliphatic carbocycles. The molecule has 4 heteroatoms. The molecule has 1 N–H and O–H groups in total. The van der Waals surface area contributed by atoms with Gasteiger partial charge in [-0.3, -0.25) is 0 Å². The van der Waals surface area contributed by atoms with Crippen LogP contribution < -0.4 is 0 Å². The molecule has 0 bridgehead atoms. The van der Waals surface area contributed by atoms with Crippen LogP contribution in [0.5, 0.6) is 0 Å². The monoisotopic (exact) mass is 218 g/mol. The van der Waals surface area contributed by atoms with Crippen molar-refractivity contribution in [3.8, 4) is 0 Å². The molecule has 1 nitrogen and oxygen atoms in total. The number of hydrogen-bond donors (Lipinski definition) is 1. The lowest BCUT2D eigenvalue weighted by atomic mass is 10.0. The van der Waals surface area contributed by atoms with Gasteiger partial charge in [0.25, 0.3) is 0 Å². The third-order valence-corrected chi connectivity index (χ3v) is 3.68. The molecule has 11 heavy (non-hydrogen) atoms. The molecule has 0 aliphatic heterocycles. The average Bonchev–Trinajstić information content (AvgIpc) is 2.01. The Labute approximate surface area is 82.6 Å². The van der Waals surface area contributed by atoms with E-state index in [-0.39, 0.29) is 6.61 Å². The minimum atomic E-state index is -0.531. The second kappa shape index (κ2) is 4.76. The van der Waals surface area contributed by atoms with Crippen LogP contribution in [-0.4, -0.2) is 27.3 Å². The maximum Gasteiger partial charge on any atom is 0.0747 e. The number of alkyl halides is 3. The van der Waals surface area contributed by atoms with Crippen LogP contribution in [0.3, 0.4) is 0 Å². The summed E-state index contributed by atoms with van der Waals surface area (Å²) >= 11 is 17.6. The zero-order valence-corrected chi connectivity index (χ0v) is 8.92. The number of hydrogen-bond acceptors (Lipinski definition) is 1. The highest BCUT2D eigenvalue weighted by Gasteiger charge is 2.33. The Kier molecular flexibility index (Phi) is 5.12. The predicted octanol–water partition coefficient (Wildman–Crippen LogP) is 2.60. The van der Waals surface area contributed by atoms with E-state index in [0.717, 1.165) is 6.42 Å². The van der Waals surface area contributed by atoms with Gasteiger partial charge in [0.15, 0.2) is 0 Å². The third-order valence-electron chi connectivity index (χ3n) is 1.76. The van der Waals surface area contributed by atoms with Crippen molar-refractivity contribution in [2.45, 2.75) is 35.9 Å². The molecule has 0 aliphatic rings. The van der Waals surface area contributed by atoms with Gasteiger partial charge in [-0.15, -0.1) is 34.8 Å². The van der Waals surface area contributed by atoms with E-state index in [2.05, 4.69) is 0 Å². The van der Waals surface area contributed by atoms with Crippen LogP contribution in [0.2, 0.25) is 0 Å². The lowest BCUT2D eigenvalue weighted by molar-refractivity contribution is 0.282. The minimum absolute atomic E-state index is 0.141. The number of aliphatic hydroxyl groups excluding tert-OH is 1. The first kappa shape index (κ1) is 11.8. The molecule has 0 spiro atoms. The molecule has 68 valence electrons. The number of rotatable bonds is 4. The molecule has 0 saturated heterocycles. The van der Waals surface area contributed by atoms with Crippen LogP contribution in [0, 0.1) is 0 Å². The summed E-state index contributed by atoms with van der Waals surface area (Å²) in [5.41, 5.74) is 0. The summed E-state index contributed by atoms with van der Waals surface area (Å²) in [5.74, 6) is 0. The van der Waals surface area contributed by atoms with Crippen LogP contribution in [0.15, 0.2) is 0 Å². The summed E-state index contributed by atoms with van der Waals surface area (Å²) in [5, 5.41) is 7.81. The fourth-order valence-corrected chi connectivity index (χ4v) is 1.39. The van der Waals surface area contributed by atoms with E-state index in [9.17, 15) is 0 Å². The maximum atomic E-state index is 8.69. The van der Waals surface area contributed by atoms with Gasteiger partial charge in [-0.2, -0.15) is 0 Å². The smallest absolute Gasteiger partial charge is 0.0747 e. The molecular weight excluding hydrogens is 206 g/mol. The van der Waals surface area contributed by atoms with Crippen LogP contribution in [0.4, 0.5) is 0 Å². The zero-order valence-electron chi connectivity index (χ0n) is 6.65. The Morgan fingerprint density at radius 2 is 1.91 bits per heavy atom. The first-order chi connectivity index (χ1) is 4.95. The van der Waals surface area contributed by atoms with Crippen molar-refractivity contribution in [3.63, 3.8) is 0 Å². The zero-order chi connectivity index (χ0) is 9.07. The molecule has 3 atom stereocenters. The third kappa shape index (κ3) is 3.37. The highest BCUT2D eigenvalue weighted by atomic mass is 35.5. The molecule has 0 aromatic heterocycles. The molecule has 0 fully saturated rings. The van der Waals surface area contributed by atoms with Gasteiger partial charge in [-0.05, 0) is 13.3 Å². The summed E-state index contributed by atoms with van der Waals surface area (Å²) in [4.78, 5) is -0.531. The van der Waals surface area contributed by atoms with Gasteiger partial charge >= 0.3 is 0 Å². The van der Waals surface area contributed by atoms with Crippen molar-refractivity contribution in [3.05, 3.63) is 0 Å². The Morgan fingerprint density at radius 3 is 2.18 bits per heavy atom. The van der Waals surface area contributed by atoms with Crippen LogP contribution in [0.25, 0.3) is 0 Å². The first-order valence-electron chi connectivity index (χ1n) is 3.53. The Balaban J connectivity index is 4.10. The van der Waals surface area contributed by atoms with Crippen molar-refractivity contribution in [2.75, 3.05) is 6.61 Å². The highest BCUT2D eigenvalue weighted by molar-refractivity contribution is 6.36. The van der Waals surface area contributed by atoms with E-state index < -0.39 is 15.6 Å². The lowest BCUT2D eigenvalue weighted by Gasteiger charge is -2.28. The Bertz CT molecular complexity index is 116. The van der Waals surface area contributed by atoms with Gasteiger partial charge in [0.05, 0.1) is 22.2 Å². The van der Waals surface area contributed by atoms with Gasteiger partial charge in [0.2, 0.25) is 0 Å². The summed E-state index contributed by atoms with van der Waals surface area (Å²) < 4.78 is 0. The van der Waals surface area contributed by atoms with Gasteiger partial charge in [-0.25, -0.2) is 0 Å². The minimum Gasteiger partial charge on any atom is -0.395 e. The number of aliphatic hydroxyl groups is 1. The lowest BCUT2D eigenvalue weighted by Crippen LogP contribution is -2.37. The Hall–Kier alpha value is 0.830. The maximum absolute atomic E-state index is 8.69. The Morgan fingerprint density at radius 1 is 1.45 bits per heavy atom. The van der Waals surface area contributed by atoms with Gasteiger partial charge in [0.1, 0.15) is 0 Å². The summed E-state index contributed by atoms with van der Waals surface area (Å²) in [6, 6.07) is 0. The van der Waals surface area contributed by atoms with Gasteiger partial charge in [-0.1, -0.05) is 6.92 Å². The average molecular weight is 220 g/mol. The normalized spacial score (nSPS) is 22.4. The summed E-state index contributed by atoms with van der Waals surface area (Å²) in [6.07, 6.45) is 0.728. The van der Waals surface area contributed by atoms with E-state index >= 15 is 0 Å².